The summed E-state index contributed by atoms with van der Waals surface area (Å²) in [6.07, 6.45) is 1.86. The molecule has 0 aromatic carbocycles. The zero-order valence-electron chi connectivity index (χ0n) is 11.4. The number of hydrogen-bond acceptors (Lipinski definition) is 4. The Kier molecular flexibility index (Phi) is 3.94. The quantitative estimate of drug-likeness (QED) is 0.858. The Labute approximate surface area is 111 Å². The van der Waals surface area contributed by atoms with Crippen LogP contribution >= 0.6 is 0 Å². The molecule has 2 rings (SSSR count). The summed E-state index contributed by atoms with van der Waals surface area (Å²) in [5, 5.41) is 10.8. The van der Waals surface area contributed by atoms with Crippen LogP contribution in [-0.4, -0.2) is 42.8 Å². The van der Waals surface area contributed by atoms with Gasteiger partial charge in [0.25, 0.3) is 0 Å². The molecule has 102 valence electrons. The van der Waals surface area contributed by atoms with Crippen molar-refractivity contribution < 1.29 is 4.79 Å². The zero-order valence-corrected chi connectivity index (χ0v) is 11.4. The van der Waals surface area contributed by atoms with E-state index < -0.39 is 0 Å². The standard InChI is InChI=1S/C12H18N6O/c1-9-6-10(2)18(16-9)5-4-12(19)17(3)7-11-13-8-14-15-11/h6,8H,4-5,7H2,1-3H3,(H,13,14,15). The van der Waals surface area contributed by atoms with Crippen LogP contribution in [0.1, 0.15) is 23.6 Å². The van der Waals surface area contributed by atoms with Crippen molar-refractivity contribution in [3.05, 3.63) is 29.6 Å². The first-order chi connectivity index (χ1) is 9.06. The van der Waals surface area contributed by atoms with Gasteiger partial charge in [0.05, 0.1) is 12.2 Å². The van der Waals surface area contributed by atoms with Gasteiger partial charge in [0.1, 0.15) is 12.2 Å². The van der Waals surface area contributed by atoms with Crippen LogP contribution in [-0.2, 0) is 17.9 Å². The maximum absolute atomic E-state index is 12.0. The summed E-state index contributed by atoms with van der Waals surface area (Å²) in [7, 11) is 1.76. The van der Waals surface area contributed by atoms with Crippen molar-refractivity contribution in [2.24, 2.45) is 0 Å². The molecule has 0 bridgehead atoms. The lowest BCUT2D eigenvalue weighted by atomic mass is 10.3. The molecule has 1 amide bonds. The van der Waals surface area contributed by atoms with Gasteiger partial charge in [0, 0.05) is 25.7 Å². The lowest BCUT2D eigenvalue weighted by Crippen LogP contribution is -2.27. The van der Waals surface area contributed by atoms with Crippen LogP contribution in [0.5, 0.6) is 0 Å². The molecule has 7 heteroatoms. The van der Waals surface area contributed by atoms with Crippen LogP contribution in [0, 0.1) is 13.8 Å². The Morgan fingerprint density at radius 2 is 2.26 bits per heavy atom. The average molecular weight is 262 g/mol. The molecule has 1 N–H and O–H groups in total. The number of aromatic amines is 1. The van der Waals surface area contributed by atoms with E-state index in [1.165, 1.54) is 6.33 Å². The fourth-order valence-electron chi connectivity index (χ4n) is 1.91. The normalized spacial score (nSPS) is 10.7. The Hall–Kier alpha value is -2.18. The van der Waals surface area contributed by atoms with E-state index in [4.69, 9.17) is 0 Å². The SMILES string of the molecule is Cc1cc(C)n(CCC(=O)N(C)Cc2ncn[nH]2)n1. The summed E-state index contributed by atoms with van der Waals surface area (Å²) in [5.74, 6) is 0.742. The van der Waals surface area contributed by atoms with E-state index in [1.54, 1.807) is 11.9 Å². The van der Waals surface area contributed by atoms with Crippen LogP contribution in [0.4, 0.5) is 0 Å². The predicted octanol–water partition coefficient (Wildman–Crippen LogP) is 0.667. The van der Waals surface area contributed by atoms with Crippen molar-refractivity contribution in [2.75, 3.05) is 7.05 Å². The van der Waals surface area contributed by atoms with Gasteiger partial charge in [0.15, 0.2) is 0 Å². The second-order valence-corrected chi connectivity index (χ2v) is 4.58. The molecular weight excluding hydrogens is 244 g/mol. The Morgan fingerprint density at radius 3 is 2.84 bits per heavy atom. The highest BCUT2D eigenvalue weighted by atomic mass is 16.2. The van der Waals surface area contributed by atoms with Crippen molar-refractivity contribution in [3.8, 4) is 0 Å². The van der Waals surface area contributed by atoms with Gasteiger partial charge in [-0.25, -0.2) is 4.98 Å². The first kappa shape index (κ1) is 13.3. The largest absolute Gasteiger partial charge is 0.338 e. The summed E-state index contributed by atoms with van der Waals surface area (Å²) in [5.41, 5.74) is 2.04. The molecule has 0 saturated heterocycles. The Morgan fingerprint density at radius 1 is 1.47 bits per heavy atom. The lowest BCUT2D eigenvalue weighted by molar-refractivity contribution is -0.130. The van der Waals surface area contributed by atoms with E-state index in [0.717, 1.165) is 11.4 Å². The third-order valence-electron chi connectivity index (χ3n) is 2.92. The number of amides is 1. The van der Waals surface area contributed by atoms with Crippen molar-refractivity contribution in [1.82, 2.24) is 29.9 Å². The smallest absolute Gasteiger partial charge is 0.224 e. The van der Waals surface area contributed by atoms with E-state index in [-0.39, 0.29) is 5.91 Å². The van der Waals surface area contributed by atoms with Crippen LogP contribution < -0.4 is 0 Å². The Bertz CT molecular complexity index is 545. The first-order valence-electron chi connectivity index (χ1n) is 6.15. The maximum atomic E-state index is 12.0. The van der Waals surface area contributed by atoms with E-state index in [1.807, 2.05) is 24.6 Å². The molecule has 0 aliphatic carbocycles. The van der Waals surface area contributed by atoms with E-state index in [2.05, 4.69) is 20.3 Å². The third-order valence-corrected chi connectivity index (χ3v) is 2.92. The highest BCUT2D eigenvalue weighted by molar-refractivity contribution is 5.75. The van der Waals surface area contributed by atoms with Crippen molar-refractivity contribution in [3.63, 3.8) is 0 Å². The molecule has 7 nitrogen and oxygen atoms in total. The molecule has 0 aliphatic rings. The van der Waals surface area contributed by atoms with Crippen LogP contribution in [0.3, 0.4) is 0 Å². The Balaban J connectivity index is 1.85. The highest BCUT2D eigenvalue weighted by Crippen LogP contribution is 2.04. The molecule has 2 aromatic rings. The minimum atomic E-state index is 0.0592. The highest BCUT2D eigenvalue weighted by Gasteiger charge is 2.11. The summed E-state index contributed by atoms with van der Waals surface area (Å²) in [4.78, 5) is 17.6. The third kappa shape index (κ3) is 3.40. The van der Waals surface area contributed by atoms with E-state index in [0.29, 0.717) is 25.3 Å². The number of nitrogens with zero attached hydrogens (tertiary/aromatic N) is 5. The number of hydrogen-bond donors (Lipinski definition) is 1. The van der Waals surface area contributed by atoms with Gasteiger partial charge in [-0.2, -0.15) is 10.2 Å². The summed E-state index contributed by atoms with van der Waals surface area (Å²) in [6, 6.07) is 2.00. The minimum absolute atomic E-state index is 0.0592. The average Bonchev–Trinajstić information content (AvgIpc) is 2.96. The molecule has 0 unspecified atom stereocenters. The fraction of sp³-hybridized carbons (Fsp3) is 0.500. The molecule has 0 radical (unpaired) electrons. The number of aromatic nitrogens is 5. The van der Waals surface area contributed by atoms with Gasteiger partial charge in [-0.1, -0.05) is 0 Å². The predicted molar refractivity (Wildman–Crippen MR) is 69.2 cm³/mol. The number of carbonyl (C=O) groups excluding carboxylic acids is 1. The van der Waals surface area contributed by atoms with Crippen LogP contribution in [0.2, 0.25) is 0 Å². The van der Waals surface area contributed by atoms with Gasteiger partial charge in [-0.3, -0.25) is 14.6 Å². The minimum Gasteiger partial charge on any atom is -0.338 e. The van der Waals surface area contributed by atoms with Crippen molar-refractivity contribution in [2.45, 2.75) is 33.4 Å². The summed E-state index contributed by atoms with van der Waals surface area (Å²) < 4.78 is 1.86. The number of carbonyl (C=O) groups is 1. The second kappa shape index (κ2) is 5.64. The van der Waals surface area contributed by atoms with Gasteiger partial charge in [0.2, 0.25) is 5.91 Å². The molecule has 2 aromatic heterocycles. The molecule has 0 atom stereocenters. The topological polar surface area (TPSA) is 79.7 Å². The van der Waals surface area contributed by atoms with Gasteiger partial charge >= 0.3 is 0 Å². The van der Waals surface area contributed by atoms with Crippen LogP contribution in [0.25, 0.3) is 0 Å². The van der Waals surface area contributed by atoms with Gasteiger partial charge < -0.3 is 4.90 Å². The van der Waals surface area contributed by atoms with Gasteiger partial charge in [-0.15, -0.1) is 0 Å². The van der Waals surface area contributed by atoms with Crippen molar-refractivity contribution in [1.29, 1.82) is 0 Å². The monoisotopic (exact) mass is 262 g/mol. The molecular formula is C12H18N6O. The summed E-state index contributed by atoms with van der Waals surface area (Å²) in [6.45, 7) is 4.97. The van der Waals surface area contributed by atoms with E-state index >= 15 is 0 Å². The lowest BCUT2D eigenvalue weighted by Gasteiger charge is -2.15. The molecule has 0 spiro atoms. The van der Waals surface area contributed by atoms with Crippen LogP contribution in [0.15, 0.2) is 12.4 Å². The number of nitrogens with one attached hydrogen (secondary N) is 1. The molecule has 19 heavy (non-hydrogen) atoms. The number of rotatable bonds is 5. The fourth-order valence-corrected chi connectivity index (χ4v) is 1.91. The molecule has 0 aliphatic heterocycles. The maximum Gasteiger partial charge on any atom is 0.224 e. The molecule has 0 saturated carbocycles. The molecule has 0 fully saturated rings. The van der Waals surface area contributed by atoms with Gasteiger partial charge in [-0.05, 0) is 19.9 Å². The number of aryl methyl sites for hydroxylation is 3. The zero-order chi connectivity index (χ0) is 13.8. The first-order valence-corrected chi connectivity index (χ1v) is 6.15. The van der Waals surface area contributed by atoms with E-state index in [9.17, 15) is 4.79 Å². The second-order valence-electron chi connectivity index (χ2n) is 4.58. The summed E-state index contributed by atoms with van der Waals surface area (Å²) >= 11 is 0. The molecule has 2 heterocycles. The number of H-pyrrole nitrogens is 1. The van der Waals surface area contributed by atoms with Crippen molar-refractivity contribution >= 4 is 5.91 Å².